The Morgan fingerprint density at radius 1 is 0.550 bits per heavy atom. The number of methoxy groups -OCH3 is 2. The topological polar surface area (TPSA) is 136 Å². The van der Waals surface area contributed by atoms with Crippen LogP contribution in [0.25, 0.3) is 0 Å². The Labute approximate surface area is 355 Å². The maximum Gasteiger partial charge on any atom is 0.264 e. The number of sulfonamides is 1. The summed E-state index contributed by atoms with van der Waals surface area (Å²) in [7, 11) is -0.768. The standard InChI is InChI=1S/C27H30N4O5S.C18H19N3OS/c1-34-25-12-8-22(9-13-25)18-31(19-23-10-14-26(35-2)15-11-23)37(32,33)27-20-30(29-28-27)16-17-36-21-24-6-4-3-5-7-24;1-3-7-16(8-4-1)14-22-12-11-21-13-18(19-20-21)23-15-17-9-5-2-6-10-17/h3-15,20H,16-19,21H2,1-2H3;1-10,13H,11-12,14-15H2. The summed E-state index contributed by atoms with van der Waals surface area (Å²) >= 11 is 1.70. The van der Waals surface area contributed by atoms with Crippen molar-refractivity contribution >= 4 is 21.8 Å². The Bertz CT molecular complexity index is 2330. The number of ether oxygens (including phenoxy) is 4. The Morgan fingerprint density at radius 2 is 1.00 bits per heavy atom. The first-order valence-electron chi connectivity index (χ1n) is 19.3. The maximum absolute atomic E-state index is 13.6. The van der Waals surface area contributed by atoms with Gasteiger partial charge >= 0.3 is 0 Å². The van der Waals surface area contributed by atoms with Gasteiger partial charge in [0.2, 0.25) is 5.03 Å². The van der Waals surface area contributed by atoms with Crippen LogP contribution in [0.15, 0.2) is 162 Å². The van der Waals surface area contributed by atoms with Crippen LogP contribution in [-0.2, 0) is 64.6 Å². The van der Waals surface area contributed by atoms with Gasteiger partial charge in [-0.25, -0.2) is 17.8 Å². The van der Waals surface area contributed by atoms with Gasteiger partial charge in [0.05, 0.1) is 66.1 Å². The first kappa shape index (κ1) is 43.7. The summed E-state index contributed by atoms with van der Waals surface area (Å²) in [5, 5.41) is 17.1. The van der Waals surface area contributed by atoms with Crippen molar-refractivity contribution in [2.75, 3.05) is 27.4 Å². The van der Waals surface area contributed by atoms with Crippen LogP contribution < -0.4 is 9.47 Å². The van der Waals surface area contributed by atoms with E-state index in [1.165, 1.54) is 26.3 Å². The van der Waals surface area contributed by atoms with E-state index in [2.05, 4.69) is 57.0 Å². The number of benzene rings is 5. The Morgan fingerprint density at radius 3 is 1.48 bits per heavy atom. The van der Waals surface area contributed by atoms with E-state index in [-0.39, 0.29) is 18.1 Å². The van der Waals surface area contributed by atoms with Gasteiger partial charge < -0.3 is 18.9 Å². The van der Waals surface area contributed by atoms with Gasteiger partial charge in [0.25, 0.3) is 10.0 Å². The van der Waals surface area contributed by atoms with Crippen LogP contribution in [0.4, 0.5) is 0 Å². The van der Waals surface area contributed by atoms with Crippen molar-refractivity contribution in [1.29, 1.82) is 0 Å². The third kappa shape index (κ3) is 13.9. The zero-order chi connectivity index (χ0) is 41.8. The lowest BCUT2D eigenvalue weighted by atomic mass is 10.2. The molecule has 0 fully saturated rings. The normalized spacial score (nSPS) is 11.2. The molecule has 0 saturated heterocycles. The van der Waals surface area contributed by atoms with E-state index in [1.54, 1.807) is 50.2 Å². The van der Waals surface area contributed by atoms with E-state index < -0.39 is 10.0 Å². The molecule has 7 rings (SSSR count). The summed E-state index contributed by atoms with van der Waals surface area (Å²) in [5.74, 6) is 2.31. The largest absolute Gasteiger partial charge is 0.497 e. The molecule has 7 aromatic rings. The fourth-order valence-electron chi connectivity index (χ4n) is 5.77. The van der Waals surface area contributed by atoms with Crippen molar-refractivity contribution in [3.05, 3.63) is 180 Å². The van der Waals surface area contributed by atoms with Crippen molar-refractivity contribution in [2.45, 2.75) is 55.2 Å². The van der Waals surface area contributed by atoms with E-state index in [1.807, 2.05) is 89.7 Å². The molecule has 0 atom stereocenters. The van der Waals surface area contributed by atoms with Crippen molar-refractivity contribution in [3.63, 3.8) is 0 Å². The lowest BCUT2D eigenvalue weighted by Gasteiger charge is -2.21. The summed E-state index contributed by atoms with van der Waals surface area (Å²) in [6.07, 6.45) is 3.41. The smallest absolute Gasteiger partial charge is 0.264 e. The van der Waals surface area contributed by atoms with Crippen molar-refractivity contribution in [2.24, 2.45) is 0 Å². The summed E-state index contributed by atoms with van der Waals surface area (Å²) in [6, 6.07) is 45.0. The predicted octanol–water partition coefficient (Wildman–Crippen LogP) is 7.69. The van der Waals surface area contributed by atoms with Crippen LogP contribution in [0.5, 0.6) is 11.5 Å². The molecule has 2 aromatic heterocycles. The number of hydrogen-bond acceptors (Lipinski definition) is 11. The van der Waals surface area contributed by atoms with Crippen LogP contribution in [-0.4, -0.2) is 70.1 Å². The zero-order valence-corrected chi connectivity index (χ0v) is 35.3. The van der Waals surface area contributed by atoms with Gasteiger partial charge in [-0.1, -0.05) is 137 Å². The average Bonchev–Trinajstić information content (AvgIpc) is 3.98. The van der Waals surface area contributed by atoms with E-state index in [0.29, 0.717) is 51.0 Å². The van der Waals surface area contributed by atoms with Gasteiger partial charge in [-0.2, -0.15) is 4.31 Å². The molecular formula is C45H49N7O6S2. The molecule has 5 aromatic carbocycles. The molecule has 0 unspecified atom stereocenters. The van der Waals surface area contributed by atoms with Crippen molar-refractivity contribution < 1.29 is 27.4 Å². The van der Waals surface area contributed by atoms with E-state index >= 15 is 0 Å². The molecule has 2 heterocycles. The molecule has 0 spiro atoms. The Balaban J connectivity index is 0.000000224. The van der Waals surface area contributed by atoms with Crippen LogP contribution in [0.1, 0.15) is 27.8 Å². The molecule has 0 aliphatic heterocycles. The lowest BCUT2D eigenvalue weighted by molar-refractivity contribution is 0.110. The summed E-state index contributed by atoms with van der Waals surface area (Å²) < 4.78 is 53.8. The van der Waals surface area contributed by atoms with E-state index in [4.69, 9.17) is 18.9 Å². The highest BCUT2D eigenvalue weighted by Gasteiger charge is 2.28. The molecule has 312 valence electrons. The second-order valence-electron chi connectivity index (χ2n) is 13.5. The minimum absolute atomic E-state index is 0.113. The molecule has 0 aliphatic rings. The van der Waals surface area contributed by atoms with Gasteiger partial charge in [0, 0.05) is 18.8 Å². The third-order valence-electron chi connectivity index (χ3n) is 9.06. The Kier molecular flexibility index (Phi) is 16.8. The van der Waals surface area contributed by atoms with Gasteiger partial charge in [0.15, 0.2) is 0 Å². The highest BCUT2D eigenvalue weighted by Crippen LogP contribution is 2.23. The molecular weight excluding hydrogens is 799 g/mol. The third-order valence-corrected chi connectivity index (χ3v) is 11.7. The fraction of sp³-hybridized carbons (Fsp3) is 0.244. The average molecular weight is 848 g/mol. The monoisotopic (exact) mass is 847 g/mol. The molecule has 0 saturated carbocycles. The number of thioether (sulfide) groups is 1. The molecule has 15 heteroatoms. The van der Waals surface area contributed by atoms with E-state index in [9.17, 15) is 8.42 Å². The maximum atomic E-state index is 13.6. The molecule has 60 heavy (non-hydrogen) atoms. The van der Waals surface area contributed by atoms with E-state index in [0.717, 1.165) is 27.5 Å². The molecule has 0 aliphatic carbocycles. The summed E-state index contributed by atoms with van der Waals surface area (Å²) in [4.78, 5) is 0. The van der Waals surface area contributed by atoms with Crippen LogP contribution >= 0.6 is 11.8 Å². The SMILES string of the molecule is COc1ccc(CN(Cc2ccc(OC)cc2)S(=O)(=O)c2cn(CCOCc3ccccc3)nn2)cc1.c1ccc(COCCn2cc(SCc3ccccc3)nn2)cc1. The van der Waals surface area contributed by atoms with Gasteiger partial charge in [-0.15, -0.1) is 10.2 Å². The minimum atomic E-state index is -3.95. The number of aromatic nitrogens is 6. The second kappa shape index (κ2) is 23.1. The van der Waals surface area contributed by atoms with Gasteiger partial charge in [-0.05, 0) is 52.1 Å². The van der Waals surface area contributed by atoms with Crippen LogP contribution in [0.2, 0.25) is 0 Å². The highest BCUT2D eigenvalue weighted by atomic mass is 32.2. The number of nitrogens with zero attached hydrogens (tertiary/aromatic N) is 7. The quantitative estimate of drug-likeness (QED) is 0.0520. The lowest BCUT2D eigenvalue weighted by Crippen LogP contribution is -2.30. The second-order valence-corrected chi connectivity index (χ2v) is 16.3. The zero-order valence-electron chi connectivity index (χ0n) is 33.7. The van der Waals surface area contributed by atoms with Crippen LogP contribution in [0.3, 0.4) is 0 Å². The first-order chi connectivity index (χ1) is 29.4. The number of hydrogen-bond donors (Lipinski definition) is 0. The van der Waals surface area contributed by atoms with Gasteiger partial charge in [0.1, 0.15) is 16.5 Å². The van der Waals surface area contributed by atoms with Crippen molar-refractivity contribution in [3.8, 4) is 11.5 Å². The molecule has 0 amide bonds. The minimum Gasteiger partial charge on any atom is -0.497 e. The van der Waals surface area contributed by atoms with Crippen molar-refractivity contribution in [1.82, 2.24) is 34.3 Å². The predicted molar refractivity (Wildman–Crippen MR) is 231 cm³/mol. The highest BCUT2D eigenvalue weighted by molar-refractivity contribution is 7.98. The first-order valence-corrected chi connectivity index (χ1v) is 21.8. The number of rotatable bonds is 21. The molecule has 0 N–H and O–H groups in total. The van der Waals surface area contributed by atoms with Gasteiger partial charge in [-0.3, -0.25) is 0 Å². The molecule has 13 nitrogen and oxygen atoms in total. The summed E-state index contributed by atoms with van der Waals surface area (Å²) in [5.41, 5.74) is 5.18. The molecule has 0 radical (unpaired) electrons. The molecule has 0 bridgehead atoms. The summed E-state index contributed by atoms with van der Waals surface area (Å²) in [6.45, 7) is 3.51. The van der Waals surface area contributed by atoms with Crippen LogP contribution in [0, 0.1) is 0 Å². The Hall–Kier alpha value is -5.84. The fourth-order valence-corrected chi connectivity index (χ4v) is 7.86.